The van der Waals surface area contributed by atoms with Crippen molar-refractivity contribution in [1.29, 1.82) is 0 Å². The second-order valence-corrected chi connectivity index (χ2v) is 6.42. The molecule has 7 heteroatoms. The van der Waals surface area contributed by atoms with Gasteiger partial charge in [-0.25, -0.2) is 0 Å². The van der Waals surface area contributed by atoms with Gasteiger partial charge in [-0.05, 0) is 51.3 Å². The van der Waals surface area contributed by atoms with E-state index in [0.717, 1.165) is 45.2 Å². The minimum Gasteiger partial charge on any atom is -0.373 e. The molecule has 4 heterocycles. The van der Waals surface area contributed by atoms with Crippen LogP contribution < -0.4 is 10.6 Å². The van der Waals surface area contributed by atoms with Crippen LogP contribution in [0.3, 0.4) is 0 Å². The van der Waals surface area contributed by atoms with Gasteiger partial charge in [-0.2, -0.15) is 5.10 Å². The second kappa shape index (κ2) is 6.18. The summed E-state index contributed by atoms with van der Waals surface area (Å²) in [7, 11) is 0. The third-order valence-electron chi connectivity index (χ3n) is 5.22. The maximum atomic E-state index is 13.0. The fraction of sp³-hybridized carbons (Fsp3) is 0.733. The smallest absolute Gasteiger partial charge is 0.248 e. The molecule has 1 aromatic rings. The van der Waals surface area contributed by atoms with Crippen LogP contribution in [0.1, 0.15) is 32.1 Å². The molecule has 0 radical (unpaired) electrons. The Balaban J connectivity index is 0.00000144. The van der Waals surface area contributed by atoms with Gasteiger partial charge in [0.05, 0.1) is 18.2 Å². The number of hydrogen-bond donors (Lipinski definition) is 2. The van der Waals surface area contributed by atoms with Gasteiger partial charge < -0.3 is 15.4 Å². The van der Waals surface area contributed by atoms with Crippen molar-refractivity contribution in [1.82, 2.24) is 20.4 Å². The van der Waals surface area contributed by atoms with Gasteiger partial charge >= 0.3 is 0 Å². The summed E-state index contributed by atoms with van der Waals surface area (Å²) in [6.07, 6.45) is 8.97. The molecule has 0 aromatic carbocycles. The first-order valence-electron chi connectivity index (χ1n) is 7.95. The molecule has 22 heavy (non-hydrogen) atoms. The summed E-state index contributed by atoms with van der Waals surface area (Å²) < 4.78 is 7.69. The van der Waals surface area contributed by atoms with Crippen LogP contribution in [0.2, 0.25) is 0 Å². The number of carbonyl (C=O) groups excluding carboxylic acids is 1. The molecule has 122 valence electrons. The molecule has 3 fully saturated rings. The average Bonchev–Trinajstić information content (AvgIpc) is 3.25. The largest absolute Gasteiger partial charge is 0.373 e. The summed E-state index contributed by atoms with van der Waals surface area (Å²) in [5.74, 6) is 0.105. The van der Waals surface area contributed by atoms with Crippen LogP contribution in [0.5, 0.6) is 0 Å². The number of nitrogens with one attached hydrogen (secondary N) is 2. The zero-order chi connectivity index (χ0) is 14.3. The first kappa shape index (κ1) is 15.8. The SMILES string of the molecule is Cl.O=C(N[C@@H]1C[C@H]2CC[C@@H]1O2)C1(n2cccn2)CCNCC1. The Bertz CT molecular complexity index is 516. The highest BCUT2D eigenvalue weighted by atomic mass is 35.5. The van der Waals surface area contributed by atoms with Crippen LogP contribution in [0, 0.1) is 0 Å². The molecular formula is C15H23ClN4O2. The molecule has 2 bridgehead atoms. The third kappa shape index (κ3) is 2.53. The topological polar surface area (TPSA) is 68.2 Å². The molecule has 1 amide bonds. The Morgan fingerprint density at radius 3 is 2.77 bits per heavy atom. The quantitative estimate of drug-likeness (QED) is 0.863. The van der Waals surface area contributed by atoms with E-state index in [0.29, 0.717) is 6.10 Å². The predicted octanol–water partition coefficient (Wildman–Crippen LogP) is 0.820. The van der Waals surface area contributed by atoms with E-state index in [-0.39, 0.29) is 30.5 Å². The van der Waals surface area contributed by atoms with Crippen molar-refractivity contribution >= 4 is 18.3 Å². The standard InChI is InChI=1S/C15H22N4O2.ClH/c20-14(18-12-10-11-2-3-13(12)21-11)15(4-7-16-8-5-15)19-9-1-6-17-19;/h1,6,9,11-13,16H,2-5,7-8,10H2,(H,18,20);1H/t11-,12-,13+;/m1./s1. The highest BCUT2D eigenvalue weighted by Crippen LogP contribution is 2.35. The number of amides is 1. The number of hydrogen-bond acceptors (Lipinski definition) is 4. The maximum absolute atomic E-state index is 13.0. The van der Waals surface area contributed by atoms with E-state index >= 15 is 0 Å². The van der Waals surface area contributed by atoms with Gasteiger partial charge in [0.2, 0.25) is 5.91 Å². The molecule has 3 aliphatic heterocycles. The molecule has 0 aliphatic carbocycles. The van der Waals surface area contributed by atoms with E-state index in [1.54, 1.807) is 6.20 Å². The lowest BCUT2D eigenvalue weighted by Gasteiger charge is -2.37. The minimum absolute atomic E-state index is 0. The Morgan fingerprint density at radius 1 is 1.36 bits per heavy atom. The highest BCUT2D eigenvalue weighted by molar-refractivity contribution is 5.85. The monoisotopic (exact) mass is 326 g/mol. The normalized spacial score (nSPS) is 32.5. The molecule has 3 aliphatic rings. The summed E-state index contributed by atoms with van der Waals surface area (Å²) in [6, 6.07) is 2.07. The van der Waals surface area contributed by atoms with Crippen molar-refractivity contribution in [3.05, 3.63) is 18.5 Å². The zero-order valence-electron chi connectivity index (χ0n) is 12.5. The molecule has 1 aromatic heterocycles. The molecule has 0 unspecified atom stereocenters. The van der Waals surface area contributed by atoms with Crippen LogP contribution in [-0.4, -0.2) is 47.0 Å². The third-order valence-corrected chi connectivity index (χ3v) is 5.22. The number of piperidine rings is 1. The Morgan fingerprint density at radius 2 is 2.18 bits per heavy atom. The summed E-state index contributed by atoms with van der Waals surface area (Å²) in [4.78, 5) is 13.0. The lowest BCUT2D eigenvalue weighted by Crippen LogP contribution is -2.57. The summed E-state index contributed by atoms with van der Waals surface area (Å²) in [5, 5.41) is 10.9. The van der Waals surface area contributed by atoms with E-state index in [2.05, 4.69) is 15.7 Å². The molecule has 3 saturated heterocycles. The molecular weight excluding hydrogens is 304 g/mol. The Hall–Kier alpha value is -1.11. The number of ether oxygens (including phenoxy) is 1. The first-order valence-corrected chi connectivity index (χ1v) is 7.95. The van der Waals surface area contributed by atoms with Crippen molar-refractivity contribution in [2.24, 2.45) is 0 Å². The van der Waals surface area contributed by atoms with Crippen molar-refractivity contribution < 1.29 is 9.53 Å². The summed E-state index contributed by atoms with van der Waals surface area (Å²) >= 11 is 0. The lowest BCUT2D eigenvalue weighted by atomic mass is 9.86. The van der Waals surface area contributed by atoms with Crippen molar-refractivity contribution in [2.75, 3.05) is 13.1 Å². The Labute approximate surface area is 136 Å². The van der Waals surface area contributed by atoms with Gasteiger partial charge in [-0.15, -0.1) is 12.4 Å². The minimum atomic E-state index is -0.545. The van der Waals surface area contributed by atoms with Gasteiger partial charge in [0.15, 0.2) is 0 Å². The van der Waals surface area contributed by atoms with Gasteiger partial charge in [-0.1, -0.05) is 0 Å². The fourth-order valence-electron chi connectivity index (χ4n) is 4.02. The number of carbonyl (C=O) groups is 1. The summed E-state index contributed by atoms with van der Waals surface area (Å²) in [5.41, 5.74) is -0.545. The van der Waals surface area contributed by atoms with E-state index in [4.69, 9.17) is 4.74 Å². The lowest BCUT2D eigenvalue weighted by molar-refractivity contribution is -0.133. The van der Waals surface area contributed by atoms with E-state index < -0.39 is 5.54 Å². The van der Waals surface area contributed by atoms with Crippen LogP contribution in [-0.2, 0) is 15.1 Å². The number of halogens is 1. The number of rotatable bonds is 3. The molecule has 4 rings (SSSR count). The van der Waals surface area contributed by atoms with Crippen LogP contribution in [0.15, 0.2) is 18.5 Å². The van der Waals surface area contributed by atoms with Crippen molar-refractivity contribution in [3.63, 3.8) is 0 Å². The van der Waals surface area contributed by atoms with Crippen molar-refractivity contribution in [3.8, 4) is 0 Å². The van der Waals surface area contributed by atoms with Gasteiger partial charge in [0.1, 0.15) is 5.54 Å². The number of fused-ring (bicyclic) bond motifs is 2. The molecule has 2 N–H and O–H groups in total. The van der Waals surface area contributed by atoms with Crippen LogP contribution in [0.25, 0.3) is 0 Å². The van der Waals surface area contributed by atoms with Gasteiger partial charge in [0.25, 0.3) is 0 Å². The van der Waals surface area contributed by atoms with Crippen LogP contribution in [0.4, 0.5) is 0 Å². The summed E-state index contributed by atoms with van der Waals surface area (Å²) in [6.45, 7) is 1.70. The van der Waals surface area contributed by atoms with Crippen molar-refractivity contribution in [2.45, 2.75) is 55.9 Å². The van der Waals surface area contributed by atoms with E-state index in [1.165, 1.54) is 0 Å². The molecule has 6 nitrogen and oxygen atoms in total. The van der Waals surface area contributed by atoms with E-state index in [9.17, 15) is 4.79 Å². The predicted molar refractivity (Wildman–Crippen MR) is 84.0 cm³/mol. The molecule has 0 saturated carbocycles. The average molecular weight is 327 g/mol. The van der Waals surface area contributed by atoms with Crippen LogP contribution >= 0.6 is 12.4 Å². The van der Waals surface area contributed by atoms with Gasteiger partial charge in [-0.3, -0.25) is 9.48 Å². The second-order valence-electron chi connectivity index (χ2n) is 6.42. The first-order chi connectivity index (χ1) is 10.3. The fourth-order valence-corrected chi connectivity index (χ4v) is 4.02. The van der Waals surface area contributed by atoms with E-state index in [1.807, 2.05) is 16.9 Å². The number of aromatic nitrogens is 2. The van der Waals surface area contributed by atoms with Gasteiger partial charge in [0, 0.05) is 12.4 Å². The molecule has 0 spiro atoms. The maximum Gasteiger partial charge on any atom is 0.248 e. The molecule has 3 atom stereocenters. The number of nitrogens with zero attached hydrogens (tertiary/aromatic N) is 2. The zero-order valence-corrected chi connectivity index (χ0v) is 13.3. The highest BCUT2D eigenvalue weighted by Gasteiger charge is 2.46. The Kier molecular flexibility index (Phi) is 4.43.